The number of hydrogen-bond donors (Lipinski definition) is 1. The molecule has 22 heterocycles. The van der Waals surface area contributed by atoms with E-state index in [2.05, 4.69) is 135 Å². The Hall–Kier alpha value is -12.9. The van der Waals surface area contributed by atoms with Crippen LogP contribution in [0.4, 0.5) is 22.7 Å². The Balaban J connectivity index is 0.000000110. The summed E-state index contributed by atoms with van der Waals surface area (Å²) in [4.78, 5) is 107. The zero-order valence-corrected chi connectivity index (χ0v) is 74.6. The molecule has 6 saturated heterocycles. The molecule has 0 spiro atoms. The minimum atomic E-state index is -0.135. The first-order valence-electron chi connectivity index (χ1n) is 44.6. The van der Waals surface area contributed by atoms with Crippen LogP contribution in [0, 0.1) is 48.5 Å². The van der Waals surface area contributed by atoms with E-state index in [9.17, 15) is 19.2 Å². The van der Waals surface area contributed by atoms with Gasteiger partial charge in [-0.25, -0.2) is 38.9 Å². The molecule has 22 rings (SSSR count). The molecule has 0 bridgehead atoms. The van der Waals surface area contributed by atoms with Gasteiger partial charge in [-0.15, -0.1) is 0 Å². The SMILES string of the molecule is CCc1nc(C)cn2nc(-c3cc(=O)n4cc(N5CC[C@@H](N(C)C)C5)cc(C)c4n3)cc12.CCc1nc(C)cn2nc(-c3cc(=O)n4cc(NCCN5CCOCC5)ccc4n3)cc12.Cc1cn2cc(-c3cc(=O)n4cc(N5CCN6CCC[C@@]6(C)C5)ccc4n3)cc(C)c2n1.Cc1cn2cc(-c3cc(=O)n4cc(N5CCN6CCC[C@H]6C5)ccc4n3)cc(C)c2n1. The van der Waals surface area contributed by atoms with Crippen molar-refractivity contribution in [1.82, 2.24) is 105 Å². The molecule has 16 aromatic heterocycles. The van der Waals surface area contributed by atoms with Crippen LogP contribution >= 0.6 is 0 Å². The Labute approximate surface area is 734 Å². The molecule has 0 unspecified atom stereocenters. The third-order valence-corrected chi connectivity index (χ3v) is 26.2. The molecule has 6 aliphatic rings. The quantitative estimate of drug-likeness (QED) is 0.106. The fraction of sp³-hybridized carbons (Fsp3) is 0.396. The lowest BCUT2D eigenvalue weighted by atomic mass is 9.95. The molecule has 0 aromatic carbocycles. The van der Waals surface area contributed by atoms with E-state index < -0.39 is 0 Å². The van der Waals surface area contributed by atoms with Gasteiger partial charge in [0.25, 0.3) is 22.2 Å². The third kappa shape index (κ3) is 16.9. The van der Waals surface area contributed by atoms with Crippen molar-refractivity contribution < 1.29 is 4.74 Å². The first kappa shape index (κ1) is 83.6. The minimum Gasteiger partial charge on any atom is -0.383 e. The summed E-state index contributed by atoms with van der Waals surface area (Å²) in [5, 5.41) is 12.7. The number of likely N-dealkylation sites (N-methyl/N-ethyl adjacent to an activating group) is 1. The predicted octanol–water partition coefficient (Wildman–Crippen LogP) is 11.0. The van der Waals surface area contributed by atoms with Crippen molar-refractivity contribution >= 4 is 67.7 Å². The fourth-order valence-corrected chi connectivity index (χ4v) is 19.4. The van der Waals surface area contributed by atoms with Gasteiger partial charge in [-0.3, -0.25) is 61.4 Å². The molecule has 6 fully saturated rings. The first-order chi connectivity index (χ1) is 61.4. The van der Waals surface area contributed by atoms with Gasteiger partial charge in [-0.1, -0.05) is 13.8 Å². The Kier molecular flexibility index (Phi) is 22.7. The standard InChI is InChI=1S/C25H28N6O.C24H29N7O.C24H26N6O.C23H27N7O2/c1-17-11-19(14-29-13-18(2)26-24(17)29)21-12-23(32)31-15-20(5-6-22(31)27-21)28-9-10-30-8-4-7-25(30,3)16-28;1-6-19-22-10-21(27-31(22)12-16(3)25-19)20-11-23(32)30-14-18(9-15(2)24(30)26-20)29-8-7-17(13-29)28(4)5;1-16-10-18(13-29-12-17(2)25-24(16)29)21-11-23(31)30-15-20(5-6-22(30)26-21)28-9-8-27-7-3-4-19(27)14-28;1-3-18-21-12-20(27-30(21)14-16(2)25-18)19-13-23(31)29-15-17(4-5-22(29)26-19)24-6-7-28-8-10-32-11-9-28/h5-6,11-15H,4,7-10,16H2,1-3H3;9-12,14,17H,6-8,13H2,1-5H3;5-6,10-13,15,19H,3-4,7-9,14H2,1-2H3;4-5,12-15,24H,3,6-11H2,1-2H3/t25-;17-;19-;/m010./s1. The summed E-state index contributed by atoms with van der Waals surface area (Å²) < 4.78 is 19.6. The van der Waals surface area contributed by atoms with Gasteiger partial charge >= 0.3 is 0 Å². The maximum absolute atomic E-state index is 13.1. The average molecular weight is 1710 g/mol. The van der Waals surface area contributed by atoms with Gasteiger partial charge < -0.3 is 38.5 Å². The van der Waals surface area contributed by atoms with Crippen molar-refractivity contribution in [2.24, 2.45) is 0 Å². The van der Waals surface area contributed by atoms with Crippen molar-refractivity contribution in [3.8, 4) is 45.3 Å². The second-order valence-electron chi connectivity index (χ2n) is 35.5. The fourth-order valence-electron chi connectivity index (χ4n) is 19.4. The molecule has 16 aromatic rings. The topological polar surface area (TPSA) is 276 Å². The highest BCUT2D eigenvalue weighted by atomic mass is 16.5. The van der Waals surface area contributed by atoms with Gasteiger partial charge in [0.1, 0.15) is 45.3 Å². The monoisotopic (exact) mass is 1710 g/mol. The third-order valence-electron chi connectivity index (χ3n) is 26.2. The van der Waals surface area contributed by atoms with E-state index in [0.717, 1.165) is 218 Å². The average Bonchev–Trinajstić information content (AvgIpc) is 1.75. The number of piperazine rings is 2. The van der Waals surface area contributed by atoms with Crippen molar-refractivity contribution in [3.63, 3.8) is 0 Å². The number of morpholine rings is 1. The van der Waals surface area contributed by atoms with Gasteiger partial charge in [0.2, 0.25) is 0 Å². The summed E-state index contributed by atoms with van der Waals surface area (Å²) in [6, 6.07) is 29.7. The Morgan fingerprint density at radius 3 is 1.56 bits per heavy atom. The van der Waals surface area contributed by atoms with Gasteiger partial charge in [0.05, 0.1) is 116 Å². The van der Waals surface area contributed by atoms with Crippen LogP contribution in [-0.2, 0) is 17.6 Å². The van der Waals surface area contributed by atoms with Gasteiger partial charge in [0, 0.05) is 181 Å². The summed E-state index contributed by atoms with van der Waals surface area (Å²) in [5.41, 5.74) is 24.9. The minimum absolute atomic E-state index is 0.0547. The van der Waals surface area contributed by atoms with E-state index in [-0.39, 0.29) is 27.8 Å². The zero-order valence-electron chi connectivity index (χ0n) is 74.6. The van der Waals surface area contributed by atoms with E-state index in [4.69, 9.17) is 24.7 Å². The van der Waals surface area contributed by atoms with Crippen LogP contribution in [0.3, 0.4) is 0 Å². The highest BCUT2D eigenvalue weighted by Gasteiger charge is 2.41. The lowest BCUT2D eigenvalue weighted by Gasteiger charge is -2.46. The number of aromatic nitrogens is 18. The molecule has 0 saturated carbocycles. The van der Waals surface area contributed by atoms with Crippen LogP contribution in [0.25, 0.3) is 90.2 Å². The van der Waals surface area contributed by atoms with Crippen LogP contribution < -0.4 is 42.3 Å². The summed E-state index contributed by atoms with van der Waals surface area (Å²) in [7, 11) is 4.24. The molecule has 0 radical (unpaired) electrons. The number of nitrogens with zero attached hydrogens (tertiary/aromatic N) is 25. The van der Waals surface area contributed by atoms with Crippen LogP contribution in [0.5, 0.6) is 0 Å². The lowest BCUT2D eigenvalue weighted by molar-refractivity contribution is 0.0398. The molecule has 127 heavy (non-hydrogen) atoms. The highest BCUT2D eigenvalue weighted by Crippen LogP contribution is 2.36. The molecular weight excluding hydrogens is 1600 g/mol. The highest BCUT2D eigenvalue weighted by molar-refractivity contribution is 5.72. The Morgan fingerprint density at radius 2 is 0.969 bits per heavy atom. The number of aryl methyl sites for hydroxylation is 9. The summed E-state index contributed by atoms with van der Waals surface area (Å²) in [6.45, 7) is 36.4. The molecule has 31 heteroatoms. The van der Waals surface area contributed by atoms with Crippen molar-refractivity contribution in [3.05, 3.63) is 245 Å². The molecule has 0 aliphatic carbocycles. The second-order valence-corrected chi connectivity index (χ2v) is 35.5. The molecule has 31 nitrogen and oxygen atoms in total. The van der Waals surface area contributed by atoms with E-state index in [1.807, 2.05) is 158 Å². The number of ether oxygens (including phenoxy) is 1. The first-order valence-corrected chi connectivity index (χ1v) is 44.6. The summed E-state index contributed by atoms with van der Waals surface area (Å²) >= 11 is 0. The zero-order chi connectivity index (χ0) is 87.8. The largest absolute Gasteiger partial charge is 0.383 e. The Morgan fingerprint density at radius 1 is 0.449 bits per heavy atom. The van der Waals surface area contributed by atoms with Gasteiger partial charge in [-0.05, 0) is 211 Å². The predicted molar refractivity (Wildman–Crippen MR) is 498 cm³/mol. The number of fused-ring (bicyclic) bond motifs is 10. The smallest absolute Gasteiger partial charge is 0.258 e. The lowest BCUT2D eigenvalue weighted by Crippen LogP contribution is -2.57. The number of nitrogens with one attached hydrogen (secondary N) is 1. The van der Waals surface area contributed by atoms with Gasteiger partial charge in [-0.2, -0.15) is 10.2 Å². The summed E-state index contributed by atoms with van der Waals surface area (Å²) in [5.74, 6) is 0. The van der Waals surface area contributed by atoms with Crippen molar-refractivity contribution in [2.75, 3.05) is 139 Å². The van der Waals surface area contributed by atoms with Crippen LogP contribution in [0.15, 0.2) is 172 Å². The van der Waals surface area contributed by atoms with E-state index >= 15 is 0 Å². The Bertz CT molecular complexity index is 7190. The number of pyridine rings is 6. The maximum Gasteiger partial charge on any atom is 0.258 e. The molecule has 3 atom stereocenters. The molecule has 654 valence electrons. The number of imidazole rings is 2. The van der Waals surface area contributed by atoms with Crippen LogP contribution in [-0.4, -0.2) is 242 Å². The molecule has 1 N–H and O–H groups in total. The maximum atomic E-state index is 13.1. The van der Waals surface area contributed by atoms with Crippen LogP contribution in [0.1, 0.15) is 104 Å². The summed E-state index contributed by atoms with van der Waals surface area (Å²) in [6.07, 6.45) is 27.2. The number of hydrogen-bond acceptors (Lipinski definition) is 23. The van der Waals surface area contributed by atoms with Crippen LogP contribution in [0.2, 0.25) is 0 Å². The number of anilines is 4. The van der Waals surface area contributed by atoms with Crippen molar-refractivity contribution in [2.45, 2.75) is 132 Å². The van der Waals surface area contributed by atoms with E-state index in [0.29, 0.717) is 68.8 Å². The van der Waals surface area contributed by atoms with E-state index in [1.165, 1.54) is 44.8 Å². The molecule has 6 aliphatic heterocycles. The number of rotatable bonds is 14. The van der Waals surface area contributed by atoms with Crippen molar-refractivity contribution in [1.29, 1.82) is 0 Å². The van der Waals surface area contributed by atoms with Gasteiger partial charge in [0.15, 0.2) is 0 Å². The molecular formula is C96H110N26O5. The molecule has 0 amide bonds. The second kappa shape index (κ2) is 34.4. The van der Waals surface area contributed by atoms with E-state index in [1.54, 1.807) is 42.0 Å². The normalized spacial score (nSPS) is 18.1.